The molecule has 0 saturated carbocycles. The lowest BCUT2D eigenvalue weighted by Crippen LogP contribution is -2.23. The molecule has 24 heavy (non-hydrogen) atoms. The van der Waals surface area contributed by atoms with Crippen molar-refractivity contribution in [3.05, 3.63) is 60.0 Å². The number of amides is 1. The van der Waals surface area contributed by atoms with Crippen LogP contribution in [0.4, 0.5) is 0 Å². The number of aryl methyl sites for hydroxylation is 1. The summed E-state index contributed by atoms with van der Waals surface area (Å²) in [5.74, 6) is 1.48. The van der Waals surface area contributed by atoms with Gasteiger partial charge in [0.15, 0.2) is 11.5 Å². The van der Waals surface area contributed by atoms with Crippen molar-refractivity contribution < 1.29 is 14.3 Å². The molecule has 0 aliphatic carbocycles. The van der Waals surface area contributed by atoms with Crippen LogP contribution in [-0.4, -0.2) is 22.1 Å². The lowest BCUT2D eigenvalue weighted by molar-refractivity contribution is -0.121. The number of aromatic nitrogens is 2. The van der Waals surface area contributed by atoms with Gasteiger partial charge in [0.05, 0.1) is 5.69 Å². The summed E-state index contributed by atoms with van der Waals surface area (Å²) in [6.45, 7) is 0.727. The highest BCUT2D eigenvalue weighted by Gasteiger charge is 2.13. The zero-order chi connectivity index (χ0) is 16.4. The first-order valence-electron chi connectivity index (χ1n) is 7.86. The first kappa shape index (κ1) is 14.6. The maximum atomic E-state index is 12.0. The molecule has 1 aliphatic heterocycles. The van der Waals surface area contributed by atoms with Gasteiger partial charge >= 0.3 is 0 Å². The normalized spacial score (nSPS) is 12.5. The molecule has 1 N–H and O–H groups in total. The van der Waals surface area contributed by atoms with Crippen LogP contribution in [-0.2, 0) is 17.8 Å². The molecule has 4 rings (SSSR count). The molecule has 1 aromatic carbocycles. The summed E-state index contributed by atoms with van der Waals surface area (Å²) in [4.78, 5) is 16.5. The summed E-state index contributed by atoms with van der Waals surface area (Å²) in [7, 11) is 0. The third-order valence-electron chi connectivity index (χ3n) is 3.95. The zero-order valence-electron chi connectivity index (χ0n) is 13.1. The van der Waals surface area contributed by atoms with Gasteiger partial charge < -0.3 is 19.2 Å². The third kappa shape index (κ3) is 3.03. The Bertz CT molecular complexity index is 855. The Hall–Kier alpha value is -3.02. The fraction of sp³-hybridized carbons (Fsp3) is 0.222. The SMILES string of the molecule is O=C(CCc1cn2ccccc2n1)NCc1ccc2c(c1)OCO2. The van der Waals surface area contributed by atoms with Gasteiger partial charge in [0.2, 0.25) is 12.7 Å². The summed E-state index contributed by atoms with van der Waals surface area (Å²) in [6.07, 6.45) is 4.94. The molecule has 0 radical (unpaired) electrons. The van der Waals surface area contributed by atoms with Crippen molar-refractivity contribution in [2.75, 3.05) is 6.79 Å². The fourth-order valence-corrected chi connectivity index (χ4v) is 2.69. The highest BCUT2D eigenvalue weighted by atomic mass is 16.7. The van der Waals surface area contributed by atoms with Crippen LogP contribution in [0.15, 0.2) is 48.8 Å². The average molecular weight is 323 g/mol. The van der Waals surface area contributed by atoms with E-state index in [0.717, 1.165) is 28.4 Å². The lowest BCUT2D eigenvalue weighted by atomic mass is 10.2. The van der Waals surface area contributed by atoms with Gasteiger partial charge in [0, 0.05) is 25.4 Å². The molecule has 1 amide bonds. The van der Waals surface area contributed by atoms with E-state index in [1.165, 1.54) is 0 Å². The molecule has 3 heterocycles. The van der Waals surface area contributed by atoms with E-state index in [1.54, 1.807) is 0 Å². The van der Waals surface area contributed by atoms with Gasteiger partial charge in [-0.25, -0.2) is 4.98 Å². The summed E-state index contributed by atoms with van der Waals surface area (Å²) in [6, 6.07) is 11.5. The minimum Gasteiger partial charge on any atom is -0.454 e. The van der Waals surface area contributed by atoms with Crippen LogP contribution >= 0.6 is 0 Å². The Labute approximate surface area is 139 Å². The maximum Gasteiger partial charge on any atom is 0.231 e. The second-order valence-corrected chi connectivity index (χ2v) is 5.66. The van der Waals surface area contributed by atoms with Gasteiger partial charge in [0.25, 0.3) is 0 Å². The minimum atomic E-state index is 0.00437. The van der Waals surface area contributed by atoms with Gasteiger partial charge in [-0.1, -0.05) is 12.1 Å². The van der Waals surface area contributed by atoms with E-state index >= 15 is 0 Å². The molecule has 0 saturated heterocycles. The number of carbonyl (C=O) groups is 1. The van der Waals surface area contributed by atoms with Crippen molar-refractivity contribution in [3.63, 3.8) is 0 Å². The van der Waals surface area contributed by atoms with E-state index in [0.29, 0.717) is 19.4 Å². The number of fused-ring (bicyclic) bond motifs is 2. The smallest absolute Gasteiger partial charge is 0.231 e. The predicted molar refractivity (Wildman–Crippen MR) is 87.9 cm³/mol. The van der Waals surface area contributed by atoms with Crippen molar-refractivity contribution in [1.82, 2.24) is 14.7 Å². The van der Waals surface area contributed by atoms with Crippen molar-refractivity contribution in [3.8, 4) is 11.5 Å². The predicted octanol–water partition coefficient (Wildman–Crippen LogP) is 2.31. The molecule has 122 valence electrons. The van der Waals surface area contributed by atoms with Crippen molar-refractivity contribution >= 4 is 11.6 Å². The molecule has 0 spiro atoms. The average Bonchev–Trinajstić information content (AvgIpc) is 3.23. The van der Waals surface area contributed by atoms with Gasteiger partial charge in [0.1, 0.15) is 5.65 Å². The maximum absolute atomic E-state index is 12.0. The molecule has 3 aromatic rings. The Morgan fingerprint density at radius 3 is 3.04 bits per heavy atom. The van der Waals surface area contributed by atoms with E-state index in [-0.39, 0.29) is 12.7 Å². The highest BCUT2D eigenvalue weighted by molar-refractivity contribution is 5.76. The van der Waals surface area contributed by atoms with Crippen LogP contribution < -0.4 is 14.8 Å². The van der Waals surface area contributed by atoms with Crippen LogP contribution in [0.2, 0.25) is 0 Å². The van der Waals surface area contributed by atoms with Gasteiger partial charge in [-0.15, -0.1) is 0 Å². The number of imidazole rings is 1. The number of carbonyl (C=O) groups excluding carboxylic acids is 1. The Balaban J connectivity index is 1.30. The number of nitrogens with zero attached hydrogens (tertiary/aromatic N) is 2. The number of hydrogen-bond acceptors (Lipinski definition) is 4. The zero-order valence-corrected chi connectivity index (χ0v) is 13.1. The molecule has 1 aliphatic rings. The summed E-state index contributed by atoms with van der Waals surface area (Å²) >= 11 is 0. The number of benzene rings is 1. The molecule has 6 nitrogen and oxygen atoms in total. The van der Waals surface area contributed by atoms with E-state index in [4.69, 9.17) is 9.47 Å². The van der Waals surface area contributed by atoms with Gasteiger partial charge in [-0.3, -0.25) is 4.79 Å². The van der Waals surface area contributed by atoms with Gasteiger partial charge in [-0.05, 0) is 36.2 Å². The first-order valence-corrected chi connectivity index (χ1v) is 7.86. The summed E-state index contributed by atoms with van der Waals surface area (Å²) in [5.41, 5.74) is 2.80. The van der Waals surface area contributed by atoms with Crippen molar-refractivity contribution in [1.29, 1.82) is 0 Å². The molecule has 0 atom stereocenters. The lowest BCUT2D eigenvalue weighted by Gasteiger charge is -2.05. The van der Waals surface area contributed by atoms with E-state index in [1.807, 2.05) is 53.2 Å². The molecule has 0 bridgehead atoms. The largest absolute Gasteiger partial charge is 0.454 e. The second kappa shape index (κ2) is 6.23. The fourth-order valence-electron chi connectivity index (χ4n) is 2.69. The number of rotatable bonds is 5. The molecule has 0 fully saturated rings. The van der Waals surface area contributed by atoms with Crippen LogP contribution in [0, 0.1) is 0 Å². The van der Waals surface area contributed by atoms with Crippen LogP contribution in [0.1, 0.15) is 17.7 Å². The molecular weight excluding hydrogens is 306 g/mol. The van der Waals surface area contributed by atoms with Crippen molar-refractivity contribution in [2.45, 2.75) is 19.4 Å². The molecule has 6 heteroatoms. The molecule has 2 aromatic heterocycles. The van der Waals surface area contributed by atoms with E-state index in [2.05, 4.69) is 10.3 Å². The molecule has 0 unspecified atom stereocenters. The quantitative estimate of drug-likeness (QED) is 0.782. The second-order valence-electron chi connectivity index (χ2n) is 5.66. The van der Waals surface area contributed by atoms with E-state index < -0.39 is 0 Å². The third-order valence-corrected chi connectivity index (χ3v) is 3.95. The monoisotopic (exact) mass is 323 g/mol. The first-order chi connectivity index (χ1) is 11.8. The van der Waals surface area contributed by atoms with E-state index in [9.17, 15) is 4.79 Å². The van der Waals surface area contributed by atoms with Crippen LogP contribution in [0.5, 0.6) is 11.5 Å². The van der Waals surface area contributed by atoms with Crippen LogP contribution in [0.25, 0.3) is 5.65 Å². The number of pyridine rings is 1. The van der Waals surface area contributed by atoms with Crippen LogP contribution in [0.3, 0.4) is 0 Å². The summed E-state index contributed by atoms with van der Waals surface area (Å²) < 4.78 is 12.6. The number of nitrogens with one attached hydrogen (secondary N) is 1. The Kier molecular flexibility index (Phi) is 3.78. The Morgan fingerprint density at radius 2 is 2.12 bits per heavy atom. The van der Waals surface area contributed by atoms with Crippen molar-refractivity contribution in [2.24, 2.45) is 0 Å². The highest BCUT2D eigenvalue weighted by Crippen LogP contribution is 2.32. The minimum absolute atomic E-state index is 0.00437. The molecular formula is C18H17N3O3. The topological polar surface area (TPSA) is 64.9 Å². The number of ether oxygens (including phenoxy) is 2. The standard InChI is InChI=1S/C18H17N3O3/c22-18(7-5-14-11-21-8-2-1-3-17(21)20-14)19-10-13-4-6-15-16(9-13)24-12-23-15/h1-4,6,8-9,11H,5,7,10,12H2,(H,19,22). The number of hydrogen-bond donors (Lipinski definition) is 1. The summed E-state index contributed by atoms with van der Waals surface area (Å²) in [5, 5.41) is 2.92. The van der Waals surface area contributed by atoms with Gasteiger partial charge in [-0.2, -0.15) is 0 Å². The Morgan fingerprint density at radius 1 is 1.21 bits per heavy atom.